The van der Waals surface area contributed by atoms with Crippen molar-refractivity contribution in [2.24, 2.45) is 0 Å². The summed E-state index contributed by atoms with van der Waals surface area (Å²) < 4.78 is 1.62. The van der Waals surface area contributed by atoms with Crippen molar-refractivity contribution in [1.82, 2.24) is 10.2 Å². The summed E-state index contributed by atoms with van der Waals surface area (Å²) in [7, 11) is 0. The summed E-state index contributed by atoms with van der Waals surface area (Å²) in [4.78, 5) is 12.2. The van der Waals surface area contributed by atoms with Crippen LogP contribution in [0.3, 0.4) is 0 Å². The lowest BCUT2D eigenvalue weighted by Gasteiger charge is -2.10. The number of nitrogens with one attached hydrogen (secondary N) is 1. The van der Waals surface area contributed by atoms with Crippen molar-refractivity contribution in [1.29, 1.82) is 5.26 Å². The van der Waals surface area contributed by atoms with Crippen molar-refractivity contribution in [2.75, 3.05) is 11.6 Å². The summed E-state index contributed by atoms with van der Waals surface area (Å²) >= 11 is 10.3. The van der Waals surface area contributed by atoms with Crippen LogP contribution >= 0.6 is 46.5 Å². The van der Waals surface area contributed by atoms with Crippen LogP contribution in [0.1, 0.15) is 12.5 Å². The highest BCUT2D eigenvalue weighted by atomic mass is 35.5. The van der Waals surface area contributed by atoms with E-state index in [0.717, 1.165) is 8.68 Å². The quantitative estimate of drug-likeness (QED) is 0.804. The van der Waals surface area contributed by atoms with Gasteiger partial charge in [-0.1, -0.05) is 46.5 Å². The molecule has 1 aromatic carbocycles. The molecular weight excluding hydrogens is 360 g/mol. The van der Waals surface area contributed by atoms with Crippen LogP contribution in [0.15, 0.2) is 26.9 Å². The molecule has 0 saturated carbocycles. The minimum absolute atomic E-state index is 0.160. The summed E-state index contributed by atoms with van der Waals surface area (Å²) in [6.07, 6.45) is 1.93. The Hall–Kier alpha value is -1.27. The molecule has 5 nitrogen and oxygen atoms in total. The molecule has 0 fully saturated rings. The summed E-state index contributed by atoms with van der Waals surface area (Å²) in [5.74, 6) is -0.160. The second-order valence-electron chi connectivity index (χ2n) is 4.09. The standard InChI is InChI=1S/C13H11ClN4OS3/c1-7(21-13-18-17-12(20-2)22-13)11(19)16-9-4-3-8(6-15)10(14)5-9/h3-5,7H,1-2H3,(H,16,19). The first-order valence-corrected chi connectivity index (χ1v) is 9.38. The topological polar surface area (TPSA) is 78.7 Å². The number of nitriles is 1. The third kappa shape index (κ3) is 4.36. The first kappa shape index (κ1) is 17.1. The number of anilines is 1. The molecule has 1 unspecified atom stereocenters. The highest BCUT2D eigenvalue weighted by Gasteiger charge is 2.17. The van der Waals surface area contributed by atoms with Gasteiger partial charge in [-0.3, -0.25) is 4.79 Å². The van der Waals surface area contributed by atoms with E-state index < -0.39 is 0 Å². The molecule has 2 rings (SSSR count). The zero-order valence-corrected chi connectivity index (χ0v) is 14.9. The van der Waals surface area contributed by atoms with E-state index in [0.29, 0.717) is 16.3 Å². The van der Waals surface area contributed by atoms with Gasteiger partial charge in [-0.25, -0.2) is 0 Å². The molecule has 1 N–H and O–H groups in total. The fourth-order valence-electron chi connectivity index (χ4n) is 1.46. The number of benzene rings is 1. The van der Waals surface area contributed by atoms with E-state index in [-0.39, 0.29) is 11.2 Å². The van der Waals surface area contributed by atoms with Gasteiger partial charge in [-0.05, 0) is 31.4 Å². The molecule has 2 aromatic rings. The zero-order valence-electron chi connectivity index (χ0n) is 11.7. The third-order valence-corrected chi connectivity index (χ3v) is 5.96. The number of hydrogen-bond donors (Lipinski definition) is 1. The number of aromatic nitrogens is 2. The number of carbonyl (C=O) groups excluding carboxylic acids is 1. The molecule has 0 saturated heterocycles. The molecule has 0 bridgehead atoms. The van der Waals surface area contributed by atoms with Gasteiger partial charge in [0.1, 0.15) is 6.07 Å². The van der Waals surface area contributed by atoms with Crippen molar-refractivity contribution in [3.63, 3.8) is 0 Å². The van der Waals surface area contributed by atoms with E-state index in [2.05, 4.69) is 15.5 Å². The van der Waals surface area contributed by atoms with Crippen LogP contribution < -0.4 is 5.32 Å². The molecule has 0 aliphatic carbocycles. The van der Waals surface area contributed by atoms with Crippen LogP contribution in [0, 0.1) is 11.3 Å². The maximum absolute atomic E-state index is 12.2. The second-order valence-corrected chi connectivity index (χ2v) is 8.12. The average Bonchev–Trinajstić information content (AvgIpc) is 2.95. The van der Waals surface area contributed by atoms with Gasteiger partial charge in [-0.15, -0.1) is 10.2 Å². The van der Waals surface area contributed by atoms with E-state index in [9.17, 15) is 4.79 Å². The third-order valence-electron chi connectivity index (χ3n) is 2.57. The Labute approximate surface area is 145 Å². The predicted octanol–water partition coefficient (Wildman–Crippen LogP) is 3.90. The van der Waals surface area contributed by atoms with Crippen LogP contribution in [-0.4, -0.2) is 27.6 Å². The van der Waals surface area contributed by atoms with E-state index in [1.165, 1.54) is 34.9 Å². The van der Waals surface area contributed by atoms with E-state index in [4.69, 9.17) is 16.9 Å². The molecule has 0 aliphatic heterocycles. The van der Waals surface area contributed by atoms with Crippen molar-refractivity contribution < 1.29 is 4.79 Å². The van der Waals surface area contributed by atoms with Gasteiger partial charge in [-0.2, -0.15) is 5.26 Å². The molecule has 22 heavy (non-hydrogen) atoms. The Morgan fingerprint density at radius 1 is 1.45 bits per heavy atom. The Balaban J connectivity index is 1.99. The maximum Gasteiger partial charge on any atom is 0.237 e. The molecule has 1 atom stereocenters. The van der Waals surface area contributed by atoms with Crippen molar-refractivity contribution in [3.8, 4) is 6.07 Å². The number of carbonyl (C=O) groups is 1. The summed E-state index contributed by atoms with van der Waals surface area (Å²) in [5.41, 5.74) is 0.934. The lowest BCUT2D eigenvalue weighted by molar-refractivity contribution is -0.115. The second kappa shape index (κ2) is 7.83. The minimum Gasteiger partial charge on any atom is -0.325 e. The predicted molar refractivity (Wildman–Crippen MR) is 91.8 cm³/mol. The Morgan fingerprint density at radius 2 is 2.18 bits per heavy atom. The molecule has 114 valence electrons. The molecule has 1 heterocycles. The first-order chi connectivity index (χ1) is 10.5. The van der Waals surface area contributed by atoms with Gasteiger partial charge in [0.2, 0.25) is 5.91 Å². The van der Waals surface area contributed by atoms with Crippen LogP contribution in [0.4, 0.5) is 5.69 Å². The van der Waals surface area contributed by atoms with E-state index >= 15 is 0 Å². The SMILES string of the molecule is CSc1nnc(SC(C)C(=O)Nc2ccc(C#N)c(Cl)c2)s1. The molecule has 1 amide bonds. The number of rotatable bonds is 5. The van der Waals surface area contributed by atoms with Gasteiger partial charge in [0, 0.05) is 5.69 Å². The van der Waals surface area contributed by atoms with Gasteiger partial charge in [0.05, 0.1) is 15.8 Å². The Bertz CT molecular complexity index is 728. The fraction of sp³-hybridized carbons (Fsp3) is 0.231. The highest BCUT2D eigenvalue weighted by molar-refractivity contribution is 8.03. The summed E-state index contributed by atoms with van der Waals surface area (Å²) in [5, 5.41) is 19.6. The highest BCUT2D eigenvalue weighted by Crippen LogP contribution is 2.30. The van der Waals surface area contributed by atoms with Crippen molar-refractivity contribution >= 4 is 58.1 Å². The zero-order chi connectivity index (χ0) is 16.1. The Morgan fingerprint density at radius 3 is 2.77 bits per heavy atom. The average molecular weight is 371 g/mol. The Kier molecular flexibility index (Phi) is 6.08. The van der Waals surface area contributed by atoms with Gasteiger partial charge < -0.3 is 5.32 Å². The molecule has 0 radical (unpaired) electrons. The summed E-state index contributed by atoms with van der Waals surface area (Å²) in [6, 6.07) is 6.76. The molecule has 0 aliphatic rings. The largest absolute Gasteiger partial charge is 0.325 e. The normalized spacial score (nSPS) is 11.7. The molecule has 0 spiro atoms. The minimum atomic E-state index is -0.322. The van der Waals surface area contributed by atoms with Crippen molar-refractivity contribution in [3.05, 3.63) is 28.8 Å². The molecular formula is C13H11ClN4OS3. The van der Waals surface area contributed by atoms with Gasteiger partial charge in [0.25, 0.3) is 0 Å². The molecule has 9 heteroatoms. The number of amides is 1. The van der Waals surface area contributed by atoms with Crippen LogP contribution in [-0.2, 0) is 4.79 Å². The lowest BCUT2D eigenvalue weighted by Crippen LogP contribution is -2.22. The fourth-order valence-corrected chi connectivity index (χ4v) is 4.26. The van der Waals surface area contributed by atoms with E-state index in [1.807, 2.05) is 12.3 Å². The maximum atomic E-state index is 12.2. The lowest BCUT2D eigenvalue weighted by atomic mass is 10.2. The van der Waals surface area contributed by atoms with Crippen LogP contribution in [0.25, 0.3) is 0 Å². The van der Waals surface area contributed by atoms with Gasteiger partial charge >= 0.3 is 0 Å². The monoisotopic (exact) mass is 370 g/mol. The first-order valence-electron chi connectivity index (χ1n) is 6.08. The van der Waals surface area contributed by atoms with Crippen LogP contribution in [0.2, 0.25) is 5.02 Å². The summed E-state index contributed by atoms with van der Waals surface area (Å²) in [6.45, 7) is 1.80. The van der Waals surface area contributed by atoms with Gasteiger partial charge in [0.15, 0.2) is 8.68 Å². The van der Waals surface area contributed by atoms with Crippen molar-refractivity contribution in [2.45, 2.75) is 20.9 Å². The smallest absolute Gasteiger partial charge is 0.237 e. The van der Waals surface area contributed by atoms with Crippen LogP contribution in [0.5, 0.6) is 0 Å². The number of nitrogens with zero attached hydrogens (tertiary/aromatic N) is 3. The number of thioether (sulfide) groups is 2. The number of halogens is 1. The molecule has 1 aromatic heterocycles. The van der Waals surface area contributed by atoms with E-state index in [1.54, 1.807) is 25.1 Å². The number of hydrogen-bond acceptors (Lipinski definition) is 7.